The van der Waals surface area contributed by atoms with E-state index in [1.165, 1.54) is 0 Å². The third kappa shape index (κ3) is 3.54. The van der Waals surface area contributed by atoms with Gasteiger partial charge in [0, 0.05) is 20.6 Å². The second-order valence-electron chi connectivity index (χ2n) is 5.14. The fourth-order valence-electron chi connectivity index (χ4n) is 2.42. The van der Waals surface area contributed by atoms with Gasteiger partial charge in [-0.05, 0) is 5.56 Å². The summed E-state index contributed by atoms with van der Waals surface area (Å²) < 4.78 is 23.3. The van der Waals surface area contributed by atoms with Crippen LogP contribution in [0.1, 0.15) is 5.56 Å². The van der Waals surface area contributed by atoms with Gasteiger partial charge in [0.2, 0.25) is 0 Å². The van der Waals surface area contributed by atoms with Crippen LogP contribution >= 0.6 is 0 Å². The van der Waals surface area contributed by atoms with E-state index in [0.717, 1.165) is 5.56 Å². The maximum absolute atomic E-state index is 11.6. The summed E-state index contributed by atoms with van der Waals surface area (Å²) in [4.78, 5) is 0. The topological polar surface area (TPSA) is 60.9 Å². The van der Waals surface area contributed by atoms with Crippen molar-refractivity contribution in [3.8, 4) is 0 Å². The van der Waals surface area contributed by atoms with Crippen molar-refractivity contribution in [1.82, 2.24) is 10.0 Å². The first-order chi connectivity index (χ1) is 8.89. The molecule has 1 aliphatic rings. The summed E-state index contributed by atoms with van der Waals surface area (Å²) >= 11 is 0. The monoisotopic (exact) mass is 284 g/mol. The molecule has 1 fully saturated rings. The molecule has 1 heterocycles. The number of aliphatic hydroxyl groups is 1. The molecule has 0 aromatic heterocycles. The fraction of sp³-hybridized carbons (Fsp3) is 0.538. The van der Waals surface area contributed by atoms with Crippen LogP contribution in [0.3, 0.4) is 0 Å². The van der Waals surface area contributed by atoms with E-state index in [4.69, 9.17) is 0 Å². The van der Waals surface area contributed by atoms with E-state index in [-0.39, 0.29) is 17.5 Å². The standard InChI is InChI=1S/C13H20N2O3S/c1-14(2)15(8-11-6-4-3-5-7-11)12-9-19(17,18)10-13(12)16/h3-7,12-13,16H,8-10H2,1-2H3/t12-,13-/m0/s1. The van der Waals surface area contributed by atoms with Gasteiger partial charge >= 0.3 is 0 Å². The molecule has 0 radical (unpaired) electrons. The summed E-state index contributed by atoms with van der Waals surface area (Å²) in [6.07, 6.45) is -0.823. The van der Waals surface area contributed by atoms with Crippen LogP contribution in [-0.4, -0.2) is 61.3 Å². The Balaban J connectivity index is 2.17. The van der Waals surface area contributed by atoms with Crippen molar-refractivity contribution in [2.24, 2.45) is 0 Å². The molecule has 1 N–H and O–H groups in total. The molecule has 1 saturated heterocycles. The van der Waals surface area contributed by atoms with Crippen molar-refractivity contribution in [3.05, 3.63) is 35.9 Å². The lowest BCUT2D eigenvalue weighted by molar-refractivity contribution is -0.0558. The van der Waals surface area contributed by atoms with Crippen LogP contribution in [0.2, 0.25) is 0 Å². The van der Waals surface area contributed by atoms with Crippen molar-refractivity contribution >= 4 is 9.84 Å². The molecule has 0 bridgehead atoms. The van der Waals surface area contributed by atoms with E-state index in [2.05, 4.69) is 0 Å². The molecule has 6 heteroatoms. The summed E-state index contributed by atoms with van der Waals surface area (Å²) in [5, 5.41) is 13.7. The van der Waals surface area contributed by atoms with Gasteiger partial charge in [0.25, 0.3) is 0 Å². The molecule has 0 saturated carbocycles. The zero-order valence-corrected chi connectivity index (χ0v) is 12.0. The average Bonchev–Trinajstić information content (AvgIpc) is 2.60. The van der Waals surface area contributed by atoms with Gasteiger partial charge in [-0.3, -0.25) is 0 Å². The minimum absolute atomic E-state index is 0.0131. The number of hydrogen-bond acceptors (Lipinski definition) is 5. The molecule has 0 amide bonds. The summed E-state index contributed by atoms with van der Waals surface area (Å²) in [5.74, 6) is -0.129. The van der Waals surface area contributed by atoms with Crippen LogP contribution in [0, 0.1) is 0 Å². The third-order valence-corrected chi connectivity index (χ3v) is 5.08. The number of rotatable bonds is 4. The second kappa shape index (κ2) is 5.58. The molecule has 1 aromatic carbocycles. The van der Waals surface area contributed by atoms with Crippen molar-refractivity contribution in [2.75, 3.05) is 25.6 Å². The quantitative estimate of drug-likeness (QED) is 0.796. The highest BCUT2D eigenvalue weighted by Crippen LogP contribution is 2.21. The van der Waals surface area contributed by atoms with E-state index in [1.807, 2.05) is 54.4 Å². The van der Waals surface area contributed by atoms with Crippen LogP contribution in [-0.2, 0) is 16.4 Å². The first-order valence-electron chi connectivity index (χ1n) is 6.25. The number of nitrogens with zero attached hydrogens (tertiary/aromatic N) is 2. The molecule has 1 aromatic rings. The Morgan fingerprint density at radius 3 is 2.32 bits per heavy atom. The van der Waals surface area contributed by atoms with Crippen LogP contribution in [0.25, 0.3) is 0 Å². The maximum atomic E-state index is 11.6. The summed E-state index contributed by atoms with van der Waals surface area (Å²) in [5.41, 5.74) is 1.09. The first kappa shape index (κ1) is 14.5. The Labute approximate surface area is 114 Å². The van der Waals surface area contributed by atoms with Gasteiger partial charge in [0.1, 0.15) is 0 Å². The maximum Gasteiger partial charge on any atom is 0.154 e. The SMILES string of the molecule is CN(C)N(Cc1ccccc1)[C@H]1CS(=O)(=O)C[C@@H]1O. The lowest BCUT2D eigenvalue weighted by Crippen LogP contribution is -2.49. The average molecular weight is 284 g/mol. The smallest absolute Gasteiger partial charge is 0.154 e. The highest BCUT2D eigenvalue weighted by molar-refractivity contribution is 7.91. The Morgan fingerprint density at radius 2 is 1.84 bits per heavy atom. The van der Waals surface area contributed by atoms with Crippen molar-refractivity contribution in [3.63, 3.8) is 0 Å². The Bertz CT molecular complexity index is 516. The molecule has 2 atom stereocenters. The largest absolute Gasteiger partial charge is 0.390 e. The van der Waals surface area contributed by atoms with Gasteiger partial charge in [-0.25, -0.2) is 18.4 Å². The lowest BCUT2D eigenvalue weighted by Gasteiger charge is -2.35. The van der Waals surface area contributed by atoms with Crippen LogP contribution < -0.4 is 0 Å². The Hall–Kier alpha value is -0.950. The summed E-state index contributed by atoms with van der Waals surface area (Å²) in [6.45, 7) is 0.588. The molecule has 19 heavy (non-hydrogen) atoms. The molecular formula is C13H20N2O3S. The third-order valence-electron chi connectivity index (χ3n) is 3.38. The minimum atomic E-state index is -3.13. The predicted octanol–water partition coefficient (Wildman–Crippen LogP) is 0.123. The van der Waals surface area contributed by atoms with Crippen LogP contribution in [0.15, 0.2) is 30.3 Å². The van der Waals surface area contributed by atoms with E-state index in [0.29, 0.717) is 6.54 Å². The van der Waals surface area contributed by atoms with Gasteiger partial charge in [-0.2, -0.15) is 0 Å². The van der Waals surface area contributed by atoms with Crippen molar-refractivity contribution < 1.29 is 13.5 Å². The van der Waals surface area contributed by atoms with Gasteiger partial charge in [0.15, 0.2) is 9.84 Å². The first-order valence-corrected chi connectivity index (χ1v) is 8.07. The van der Waals surface area contributed by atoms with Crippen LogP contribution in [0.4, 0.5) is 0 Å². The van der Waals surface area contributed by atoms with E-state index in [9.17, 15) is 13.5 Å². The number of hydrogen-bond donors (Lipinski definition) is 1. The normalized spacial score (nSPS) is 26.2. The molecule has 5 nitrogen and oxygen atoms in total. The zero-order chi connectivity index (χ0) is 14.0. The molecule has 2 rings (SSSR count). The number of benzene rings is 1. The molecule has 0 aliphatic carbocycles. The number of aliphatic hydroxyl groups excluding tert-OH is 1. The minimum Gasteiger partial charge on any atom is -0.390 e. The molecule has 0 spiro atoms. The molecule has 106 valence electrons. The second-order valence-corrected chi connectivity index (χ2v) is 7.30. The van der Waals surface area contributed by atoms with Gasteiger partial charge in [0.05, 0.1) is 23.7 Å². The summed E-state index contributed by atoms with van der Waals surface area (Å²) in [6, 6.07) is 9.45. The highest BCUT2D eigenvalue weighted by Gasteiger charge is 2.40. The molecule has 1 aliphatic heterocycles. The Kier molecular flexibility index (Phi) is 4.25. The Morgan fingerprint density at radius 1 is 1.21 bits per heavy atom. The highest BCUT2D eigenvalue weighted by atomic mass is 32.2. The zero-order valence-electron chi connectivity index (χ0n) is 11.2. The number of sulfone groups is 1. The molecular weight excluding hydrogens is 264 g/mol. The predicted molar refractivity (Wildman–Crippen MR) is 74.1 cm³/mol. The van der Waals surface area contributed by atoms with Gasteiger partial charge in [-0.1, -0.05) is 30.3 Å². The lowest BCUT2D eigenvalue weighted by atomic mass is 10.1. The van der Waals surface area contributed by atoms with Crippen molar-refractivity contribution in [1.29, 1.82) is 0 Å². The van der Waals surface area contributed by atoms with Gasteiger partial charge in [-0.15, -0.1) is 0 Å². The van der Waals surface area contributed by atoms with E-state index < -0.39 is 15.9 Å². The van der Waals surface area contributed by atoms with Crippen LogP contribution in [0.5, 0.6) is 0 Å². The van der Waals surface area contributed by atoms with Gasteiger partial charge < -0.3 is 5.11 Å². The molecule has 0 unspecified atom stereocenters. The van der Waals surface area contributed by atoms with E-state index >= 15 is 0 Å². The summed E-state index contributed by atoms with van der Waals surface area (Å²) in [7, 11) is 0.590. The number of hydrazine groups is 1. The van der Waals surface area contributed by atoms with E-state index in [1.54, 1.807) is 0 Å². The van der Waals surface area contributed by atoms with Crippen molar-refractivity contribution in [2.45, 2.75) is 18.7 Å². The fourth-order valence-corrected chi connectivity index (χ4v) is 4.21.